The van der Waals surface area contributed by atoms with Gasteiger partial charge in [-0.3, -0.25) is 0 Å². The van der Waals surface area contributed by atoms with Crippen LogP contribution in [-0.2, 0) is 19.5 Å². The summed E-state index contributed by atoms with van der Waals surface area (Å²) in [5.74, 6) is 1.74. The first-order valence-electron chi connectivity index (χ1n) is 7.86. The van der Waals surface area contributed by atoms with E-state index in [2.05, 4.69) is 20.6 Å². The second-order valence-electron chi connectivity index (χ2n) is 5.85. The van der Waals surface area contributed by atoms with E-state index in [0.29, 0.717) is 11.6 Å². The summed E-state index contributed by atoms with van der Waals surface area (Å²) in [5, 5.41) is 7.44. The van der Waals surface area contributed by atoms with Gasteiger partial charge in [-0.1, -0.05) is 11.6 Å². The molecule has 0 saturated carbocycles. The highest BCUT2D eigenvalue weighted by Gasteiger charge is 2.15. The fraction of sp³-hybridized carbons (Fsp3) is 0.412. The average molecular weight is 333 g/mol. The molecule has 0 aliphatic carbocycles. The third-order valence-corrected chi connectivity index (χ3v) is 3.95. The van der Waals surface area contributed by atoms with Crippen LogP contribution >= 0.6 is 11.6 Å². The first-order chi connectivity index (χ1) is 11.1. The van der Waals surface area contributed by atoms with E-state index in [-0.39, 0.29) is 6.10 Å². The highest BCUT2D eigenvalue weighted by atomic mass is 35.5. The number of nitrogens with zero attached hydrogens (tertiary/aromatic N) is 2. The minimum atomic E-state index is 0.118. The molecule has 0 spiro atoms. The highest BCUT2D eigenvalue weighted by Crippen LogP contribution is 2.26. The Bertz CT molecular complexity index is 690. The molecule has 2 heterocycles. The topological polar surface area (TPSA) is 59.1 Å². The molecule has 5 nitrogen and oxygen atoms in total. The quantitative estimate of drug-likeness (QED) is 0.880. The number of anilines is 1. The molecule has 1 aromatic carbocycles. The maximum absolute atomic E-state index is 6.13. The van der Waals surface area contributed by atoms with Crippen molar-refractivity contribution in [1.29, 1.82) is 0 Å². The molecular weight excluding hydrogens is 312 g/mol. The van der Waals surface area contributed by atoms with Crippen LogP contribution in [0.3, 0.4) is 0 Å². The van der Waals surface area contributed by atoms with Gasteiger partial charge in [0.2, 0.25) is 0 Å². The predicted molar refractivity (Wildman–Crippen MR) is 92.0 cm³/mol. The Hall–Kier alpha value is -1.85. The summed E-state index contributed by atoms with van der Waals surface area (Å²) in [5.41, 5.74) is 3.28. The minimum Gasteiger partial charge on any atom is -0.491 e. The zero-order chi connectivity index (χ0) is 16.2. The first kappa shape index (κ1) is 16.0. The van der Waals surface area contributed by atoms with Crippen molar-refractivity contribution < 1.29 is 4.74 Å². The summed E-state index contributed by atoms with van der Waals surface area (Å²) >= 11 is 6.13. The summed E-state index contributed by atoms with van der Waals surface area (Å²) in [6, 6.07) is 5.70. The Kier molecular flexibility index (Phi) is 4.98. The molecule has 0 radical (unpaired) electrons. The van der Waals surface area contributed by atoms with Gasteiger partial charge < -0.3 is 15.4 Å². The highest BCUT2D eigenvalue weighted by molar-refractivity contribution is 6.30. The van der Waals surface area contributed by atoms with Crippen molar-refractivity contribution in [2.45, 2.75) is 39.5 Å². The normalized spacial score (nSPS) is 13.7. The van der Waals surface area contributed by atoms with Crippen LogP contribution in [0.2, 0.25) is 5.02 Å². The van der Waals surface area contributed by atoms with Crippen LogP contribution < -0.4 is 15.4 Å². The van der Waals surface area contributed by atoms with Gasteiger partial charge in [0.05, 0.1) is 11.8 Å². The number of hydrogen-bond acceptors (Lipinski definition) is 5. The van der Waals surface area contributed by atoms with Crippen molar-refractivity contribution in [2.75, 3.05) is 11.9 Å². The van der Waals surface area contributed by atoms with Crippen LogP contribution in [0.1, 0.15) is 30.7 Å². The molecule has 1 aromatic heterocycles. The summed E-state index contributed by atoms with van der Waals surface area (Å²) in [7, 11) is 0. The van der Waals surface area contributed by atoms with E-state index in [1.54, 1.807) is 6.33 Å². The van der Waals surface area contributed by atoms with Crippen LogP contribution in [-0.4, -0.2) is 22.6 Å². The molecule has 2 aromatic rings. The molecule has 0 atom stereocenters. The Morgan fingerprint density at radius 3 is 3.04 bits per heavy atom. The van der Waals surface area contributed by atoms with Crippen LogP contribution in [0.4, 0.5) is 5.82 Å². The molecule has 0 amide bonds. The molecule has 2 N–H and O–H groups in total. The molecule has 0 fully saturated rings. The SMILES string of the molecule is CC(C)Oc1ccc(Cl)cc1CNc1ncnc2c1CCNC2. The van der Waals surface area contributed by atoms with E-state index in [0.717, 1.165) is 42.3 Å². The fourth-order valence-corrected chi connectivity index (χ4v) is 2.87. The summed E-state index contributed by atoms with van der Waals surface area (Å²) < 4.78 is 5.86. The molecule has 23 heavy (non-hydrogen) atoms. The van der Waals surface area contributed by atoms with Gasteiger partial charge in [0.15, 0.2) is 0 Å². The van der Waals surface area contributed by atoms with Gasteiger partial charge >= 0.3 is 0 Å². The molecule has 1 aliphatic rings. The van der Waals surface area contributed by atoms with Gasteiger partial charge in [-0.25, -0.2) is 9.97 Å². The minimum absolute atomic E-state index is 0.118. The van der Waals surface area contributed by atoms with Crippen LogP contribution in [0.15, 0.2) is 24.5 Å². The number of hydrogen-bond donors (Lipinski definition) is 2. The molecule has 122 valence electrons. The Morgan fingerprint density at radius 2 is 2.22 bits per heavy atom. The number of rotatable bonds is 5. The third kappa shape index (κ3) is 3.92. The largest absolute Gasteiger partial charge is 0.491 e. The van der Waals surface area contributed by atoms with Gasteiger partial charge in [0, 0.05) is 29.2 Å². The van der Waals surface area contributed by atoms with E-state index in [1.807, 2.05) is 32.0 Å². The maximum Gasteiger partial charge on any atom is 0.133 e. The van der Waals surface area contributed by atoms with E-state index in [1.165, 1.54) is 5.56 Å². The fourth-order valence-electron chi connectivity index (χ4n) is 2.67. The van der Waals surface area contributed by atoms with E-state index in [9.17, 15) is 0 Å². The smallest absolute Gasteiger partial charge is 0.133 e. The van der Waals surface area contributed by atoms with Gasteiger partial charge in [-0.2, -0.15) is 0 Å². The summed E-state index contributed by atoms with van der Waals surface area (Å²) in [4.78, 5) is 8.74. The number of aromatic nitrogens is 2. The zero-order valence-corrected chi connectivity index (χ0v) is 14.2. The predicted octanol–water partition coefficient (Wildman–Crippen LogP) is 3.18. The lowest BCUT2D eigenvalue weighted by molar-refractivity contribution is 0.240. The molecular formula is C17H21ClN4O. The number of halogens is 1. The second-order valence-corrected chi connectivity index (χ2v) is 6.28. The molecule has 0 saturated heterocycles. The number of nitrogens with one attached hydrogen (secondary N) is 2. The Labute approximate surface area is 141 Å². The van der Waals surface area contributed by atoms with E-state index >= 15 is 0 Å². The average Bonchev–Trinajstić information content (AvgIpc) is 2.54. The Balaban J connectivity index is 1.80. The van der Waals surface area contributed by atoms with Crippen LogP contribution in [0, 0.1) is 0 Å². The molecule has 6 heteroatoms. The molecule has 0 bridgehead atoms. The van der Waals surface area contributed by atoms with Gasteiger partial charge in [-0.15, -0.1) is 0 Å². The van der Waals surface area contributed by atoms with Crippen LogP contribution in [0.25, 0.3) is 0 Å². The van der Waals surface area contributed by atoms with Crippen molar-refractivity contribution >= 4 is 17.4 Å². The lowest BCUT2D eigenvalue weighted by Crippen LogP contribution is -2.26. The van der Waals surface area contributed by atoms with Gasteiger partial charge in [-0.05, 0) is 45.0 Å². The van der Waals surface area contributed by atoms with E-state index in [4.69, 9.17) is 16.3 Å². The second kappa shape index (κ2) is 7.15. The first-order valence-corrected chi connectivity index (χ1v) is 8.23. The summed E-state index contributed by atoms with van der Waals surface area (Å²) in [6.45, 7) is 6.39. The third-order valence-electron chi connectivity index (χ3n) is 3.71. The molecule has 3 rings (SSSR count). The Morgan fingerprint density at radius 1 is 1.35 bits per heavy atom. The number of fused-ring (bicyclic) bond motifs is 1. The lowest BCUT2D eigenvalue weighted by atomic mass is 10.1. The van der Waals surface area contributed by atoms with Crippen LogP contribution in [0.5, 0.6) is 5.75 Å². The van der Waals surface area contributed by atoms with Gasteiger partial charge in [0.25, 0.3) is 0 Å². The van der Waals surface area contributed by atoms with Crippen molar-refractivity contribution in [3.8, 4) is 5.75 Å². The number of ether oxygens (including phenoxy) is 1. The molecule has 0 unspecified atom stereocenters. The molecule has 1 aliphatic heterocycles. The van der Waals surface area contributed by atoms with Crippen molar-refractivity contribution in [1.82, 2.24) is 15.3 Å². The monoisotopic (exact) mass is 332 g/mol. The standard InChI is InChI=1S/C17H21ClN4O/c1-11(2)23-16-4-3-13(18)7-12(16)8-20-17-14-5-6-19-9-15(14)21-10-22-17/h3-4,7,10-11,19H,5-6,8-9H2,1-2H3,(H,20,21,22). The lowest BCUT2D eigenvalue weighted by Gasteiger charge is -2.20. The van der Waals surface area contributed by atoms with Crippen molar-refractivity contribution in [3.05, 3.63) is 46.4 Å². The van der Waals surface area contributed by atoms with Crippen molar-refractivity contribution in [3.63, 3.8) is 0 Å². The van der Waals surface area contributed by atoms with Gasteiger partial charge in [0.1, 0.15) is 17.9 Å². The van der Waals surface area contributed by atoms with Crippen molar-refractivity contribution in [2.24, 2.45) is 0 Å². The maximum atomic E-state index is 6.13. The van der Waals surface area contributed by atoms with E-state index < -0.39 is 0 Å². The number of benzene rings is 1. The zero-order valence-electron chi connectivity index (χ0n) is 13.4. The summed E-state index contributed by atoms with van der Waals surface area (Å²) in [6.07, 6.45) is 2.66.